The van der Waals surface area contributed by atoms with Gasteiger partial charge in [0.15, 0.2) is 0 Å². The summed E-state index contributed by atoms with van der Waals surface area (Å²) in [6.07, 6.45) is 3.46. The molecule has 9 heavy (non-hydrogen) atoms. The zero-order valence-electron chi connectivity index (χ0n) is 4.99. The molecule has 0 aromatic heterocycles. The van der Waals surface area contributed by atoms with Crippen molar-refractivity contribution >= 4 is 12.4 Å². The number of nitrogens with two attached hydrogens (primary N) is 1. The highest BCUT2D eigenvalue weighted by molar-refractivity contribution is 6.17. The molecule has 0 aromatic carbocycles. The smallest absolute Gasteiger partial charge is 0.204 e. The Labute approximate surface area is 53.1 Å². The molecule has 0 aromatic rings. The minimum absolute atomic E-state index is 0.0190. The first kappa shape index (κ1) is 6.38. The van der Waals surface area contributed by atoms with E-state index in [9.17, 15) is 0 Å². The van der Waals surface area contributed by atoms with Gasteiger partial charge in [0.1, 0.15) is 0 Å². The first-order chi connectivity index (χ1) is 4.27. The first-order valence-electron chi connectivity index (χ1n) is 2.76. The second-order valence-corrected chi connectivity index (χ2v) is 1.91. The van der Waals surface area contributed by atoms with Gasteiger partial charge in [-0.1, -0.05) is 0 Å². The van der Waals surface area contributed by atoms with Crippen LogP contribution in [0, 0.1) is 0 Å². The third-order valence-corrected chi connectivity index (χ3v) is 1.14. The monoisotopic (exact) mass is 127 g/mol. The Morgan fingerprint density at radius 3 is 2.44 bits per heavy atom. The van der Waals surface area contributed by atoms with Gasteiger partial charge in [-0.05, 0) is 0 Å². The van der Waals surface area contributed by atoms with Gasteiger partial charge in [-0.3, -0.25) is 5.73 Å². The summed E-state index contributed by atoms with van der Waals surface area (Å²) in [4.78, 5) is 7.66. The molecule has 3 N–H and O–H groups in total. The molecule has 0 aliphatic carbocycles. The molecule has 0 spiro atoms. The van der Waals surface area contributed by atoms with Gasteiger partial charge in [0.2, 0.25) is 5.79 Å². The lowest BCUT2D eigenvalue weighted by molar-refractivity contribution is 0.247. The Bertz CT molecular complexity index is 140. The van der Waals surface area contributed by atoms with E-state index in [2.05, 4.69) is 9.98 Å². The van der Waals surface area contributed by atoms with Crippen molar-refractivity contribution in [1.82, 2.24) is 0 Å². The maximum atomic E-state index is 8.46. The van der Waals surface area contributed by atoms with Crippen LogP contribution < -0.4 is 5.73 Å². The summed E-state index contributed by atoms with van der Waals surface area (Å²) in [5, 5.41) is 8.46. The fraction of sp³-hybridized carbons (Fsp3) is 0.600. The molecule has 0 saturated heterocycles. The SMILES string of the molecule is NC1(CCO)N=CC=N1. The van der Waals surface area contributed by atoms with Gasteiger partial charge in [-0.25, -0.2) is 9.98 Å². The Morgan fingerprint density at radius 1 is 1.44 bits per heavy atom. The Morgan fingerprint density at radius 2 is 2.00 bits per heavy atom. The number of rotatable bonds is 2. The largest absolute Gasteiger partial charge is 0.396 e. The quantitative estimate of drug-likeness (QED) is 0.506. The molecule has 1 heterocycles. The second-order valence-electron chi connectivity index (χ2n) is 1.91. The number of hydrogen-bond acceptors (Lipinski definition) is 4. The minimum Gasteiger partial charge on any atom is -0.396 e. The summed E-state index contributed by atoms with van der Waals surface area (Å²) in [6.45, 7) is 0.0190. The Balaban J connectivity index is 2.53. The molecule has 1 aliphatic heterocycles. The van der Waals surface area contributed by atoms with E-state index in [1.165, 1.54) is 12.4 Å². The van der Waals surface area contributed by atoms with Crippen molar-refractivity contribution in [2.45, 2.75) is 12.2 Å². The molecule has 50 valence electrons. The third kappa shape index (κ3) is 1.34. The van der Waals surface area contributed by atoms with Crippen LogP contribution in [0.2, 0.25) is 0 Å². The normalized spacial score (nSPS) is 21.1. The van der Waals surface area contributed by atoms with Gasteiger partial charge < -0.3 is 5.11 Å². The van der Waals surface area contributed by atoms with Crippen LogP contribution in [0.25, 0.3) is 0 Å². The van der Waals surface area contributed by atoms with E-state index in [1.54, 1.807) is 0 Å². The first-order valence-corrected chi connectivity index (χ1v) is 2.76. The lowest BCUT2D eigenvalue weighted by Gasteiger charge is -2.14. The number of aliphatic hydroxyl groups is 1. The fourth-order valence-corrected chi connectivity index (χ4v) is 0.652. The average Bonchev–Trinajstić information content (AvgIpc) is 2.16. The number of nitrogens with zero attached hydrogens (tertiary/aromatic N) is 2. The average molecular weight is 127 g/mol. The highest BCUT2D eigenvalue weighted by Crippen LogP contribution is 2.11. The van der Waals surface area contributed by atoms with E-state index < -0.39 is 5.79 Å². The summed E-state index contributed by atoms with van der Waals surface area (Å²) in [7, 11) is 0. The highest BCUT2D eigenvalue weighted by Gasteiger charge is 2.21. The maximum Gasteiger partial charge on any atom is 0.204 e. The van der Waals surface area contributed by atoms with Crippen LogP contribution >= 0.6 is 0 Å². The predicted molar refractivity (Wildman–Crippen MR) is 35.6 cm³/mol. The Kier molecular flexibility index (Phi) is 1.59. The Hall–Kier alpha value is -0.740. The molecule has 0 atom stereocenters. The van der Waals surface area contributed by atoms with Gasteiger partial charge in [0.25, 0.3) is 0 Å². The minimum atomic E-state index is -0.866. The van der Waals surface area contributed by atoms with E-state index in [0.29, 0.717) is 6.42 Å². The highest BCUT2D eigenvalue weighted by atomic mass is 16.3. The van der Waals surface area contributed by atoms with Crippen LogP contribution in [0.5, 0.6) is 0 Å². The third-order valence-electron chi connectivity index (χ3n) is 1.14. The fourth-order valence-electron chi connectivity index (χ4n) is 0.652. The zero-order valence-corrected chi connectivity index (χ0v) is 4.99. The van der Waals surface area contributed by atoms with Gasteiger partial charge in [0, 0.05) is 25.5 Å². The molecule has 0 radical (unpaired) electrons. The molecular formula is C5H9N3O. The molecule has 1 aliphatic rings. The van der Waals surface area contributed by atoms with Gasteiger partial charge in [0.05, 0.1) is 0 Å². The molecule has 0 fully saturated rings. The molecular weight excluding hydrogens is 118 g/mol. The standard InChI is InChI=1S/C5H9N3O/c6-5(1-4-9)7-2-3-8-5/h2-3,9H,1,4,6H2. The van der Waals surface area contributed by atoms with E-state index in [0.717, 1.165) is 0 Å². The van der Waals surface area contributed by atoms with E-state index in [4.69, 9.17) is 10.8 Å². The molecule has 4 heteroatoms. The van der Waals surface area contributed by atoms with Crippen LogP contribution in [-0.2, 0) is 0 Å². The van der Waals surface area contributed by atoms with Crippen molar-refractivity contribution in [2.75, 3.05) is 6.61 Å². The van der Waals surface area contributed by atoms with Gasteiger partial charge in [-0.2, -0.15) is 0 Å². The molecule has 0 unspecified atom stereocenters. The lowest BCUT2D eigenvalue weighted by Crippen LogP contribution is -2.34. The molecule has 0 saturated carbocycles. The van der Waals surface area contributed by atoms with Crippen molar-refractivity contribution in [2.24, 2.45) is 15.7 Å². The maximum absolute atomic E-state index is 8.46. The number of hydrogen-bond donors (Lipinski definition) is 2. The molecule has 1 rings (SSSR count). The summed E-state index contributed by atoms with van der Waals surface area (Å²) in [6, 6.07) is 0. The summed E-state index contributed by atoms with van der Waals surface area (Å²) < 4.78 is 0. The summed E-state index contributed by atoms with van der Waals surface area (Å²) in [5.41, 5.74) is 5.51. The molecule has 0 amide bonds. The van der Waals surface area contributed by atoms with Crippen LogP contribution in [0.1, 0.15) is 6.42 Å². The van der Waals surface area contributed by atoms with Crippen LogP contribution in [0.3, 0.4) is 0 Å². The van der Waals surface area contributed by atoms with E-state index in [-0.39, 0.29) is 6.61 Å². The van der Waals surface area contributed by atoms with E-state index in [1.807, 2.05) is 0 Å². The number of aliphatic hydroxyl groups excluding tert-OH is 1. The topological polar surface area (TPSA) is 71.0 Å². The summed E-state index contributed by atoms with van der Waals surface area (Å²) in [5.74, 6) is -0.866. The lowest BCUT2D eigenvalue weighted by atomic mass is 10.3. The summed E-state index contributed by atoms with van der Waals surface area (Å²) >= 11 is 0. The predicted octanol–water partition coefficient (Wildman–Crippen LogP) is -0.864. The molecule has 4 nitrogen and oxygen atoms in total. The zero-order chi connectivity index (χ0) is 6.74. The molecule has 0 bridgehead atoms. The van der Waals surface area contributed by atoms with Crippen LogP contribution in [-0.4, -0.2) is 29.9 Å². The van der Waals surface area contributed by atoms with Crippen molar-refractivity contribution in [1.29, 1.82) is 0 Å². The number of aliphatic imine (C=N–C) groups is 2. The van der Waals surface area contributed by atoms with Crippen molar-refractivity contribution in [3.05, 3.63) is 0 Å². The van der Waals surface area contributed by atoms with Gasteiger partial charge >= 0.3 is 0 Å². The van der Waals surface area contributed by atoms with Crippen LogP contribution in [0.15, 0.2) is 9.98 Å². The van der Waals surface area contributed by atoms with Gasteiger partial charge in [-0.15, -0.1) is 0 Å². The second kappa shape index (κ2) is 2.24. The van der Waals surface area contributed by atoms with Crippen LogP contribution in [0.4, 0.5) is 0 Å². The van der Waals surface area contributed by atoms with Crippen molar-refractivity contribution in [3.8, 4) is 0 Å². The van der Waals surface area contributed by atoms with Crippen molar-refractivity contribution < 1.29 is 5.11 Å². The van der Waals surface area contributed by atoms with Crippen molar-refractivity contribution in [3.63, 3.8) is 0 Å². The van der Waals surface area contributed by atoms with E-state index >= 15 is 0 Å².